The van der Waals surface area contributed by atoms with Crippen molar-refractivity contribution in [2.75, 3.05) is 0 Å². The first-order chi connectivity index (χ1) is 11.1. The third-order valence-corrected chi connectivity index (χ3v) is 4.52. The van der Waals surface area contributed by atoms with E-state index in [1.807, 2.05) is 29.6 Å². The summed E-state index contributed by atoms with van der Waals surface area (Å²) < 4.78 is 19.3. The fourth-order valence-electron chi connectivity index (χ4n) is 2.13. The number of rotatable bonds is 5. The van der Waals surface area contributed by atoms with Crippen molar-refractivity contribution in [2.24, 2.45) is 0 Å². The van der Waals surface area contributed by atoms with E-state index in [1.54, 1.807) is 17.4 Å². The molecule has 0 bridgehead atoms. The molecule has 3 nitrogen and oxygen atoms in total. The Morgan fingerprint density at radius 2 is 2.09 bits per heavy atom. The lowest BCUT2D eigenvalue weighted by molar-refractivity contribution is -0.120. The van der Waals surface area contributed by atoms with Gasteiger partial charge in [0, 0.05) is 10.6 Å². The summed E-state index contributed by atoms with van der Waals surface area (Å²) in [6, 6.07) is 11.9. The van der Waals surface area contributed by atoms with E-state index < -0.39 is 5.82 Å². The molecule has 1 aromatic carbocycles. The summed E-state index contributed by atoms with van der Waals surface area (Å²) >= 11 is 7.50. The SMILES string of the molecule is O=C(Cc1c(F)cccc1Cl)NCc1ccc(-c2cccs2)o1. The second-order valence-electron chi connectivity index (χ2n) is 4.90. The summed E-state index contributed by atoms with van der Waals surface area (Å²) in [4.78, 5) is 13.0. The number of hydrogen-bond donors (Lipinski definition) is 1. The average molecular weight is 350 g/mol. The van der Waals surface area contributed by atoms with E-state index in [0.717, 1.165) is 10.6 Å². The van der Waals surface area contributed by atoms with Gasteiger partial charge >= 0.3 is 0 Å². The number of amides is 1. The standard InChI is InChI=1S/C17H13ClFNO2S/c18-13-3-1-4-14(19)12(13)9-17(21)20-10-11-6-7-15(22-11)16-5-2-8-23-16/h1-8H,9-10H2,(H,20,21). The number of halogens is 2. The van der Waals surface area contributed by atoms with Crippen LogP contribution < -0.4 is 5.32 Å². The van der Waals surface area contributed by atoms with Crippen LogP contribution in [0.4, 0.5) is 4.39 Å². The van der Waals surface area contributed by atoms with Crippen LogP contribution in [0.3, 0.4) is 0 Å². The Morgan fingerprint density at radius 1 is 1.22 bits per heavy atom. The summed E-state index contributed by atoms with van der Waals surface area (Å²) in [5.41, 5.74) is 0.199. The van der Waals surface area contributed by atoms with Crippen molar-refractivity contribution in [3.8, 4) is 10.6 Å². The third kappa shape index (κ3) is 3.81. The lowest BCUT2D eigenvalue weighted by Gasteiger charge is -2.06. The predicted octanol–water partition coefficient (Wildman–Crippen LogP) is 4.66. The van der Waals surface area contributed by atoms with Gasteiger partial charge in [-0.3, -0.25) is 4.79 Å². The van der Waals surface area contributed by atoms with Crippen molar-refractivity contribution in [1.29, 1.82) is 0 Å². The van der Waals surface area contributed by atoms with Crippen molar-refractivity contribution in [3.63, 3.8) is 0 Å². The maximum atomic E-state index is 13.7. The molecule has 0 unspecified atom stereocenters. The zero-order valence-corrected chi connectivity index (χ0v) is 13.6. The third-order valence-electron chi connectivity index (χ3n) is 3.28. The number of nitrogens with one attached hydrogen (secondary N) is 1. The van der Waals surface area contributed by atoms with Crippen LogP contribution in [0.2, 0.25) is 5.02 Å². The van der Waals surface area contributed by atoms with Crippen molar-refractivity contribution in [1.82, 2.24) is 5.32 Å². The molecular formula is C17H13ClFNO2S. The van der Waals surface area contributed by atoms with Crippen LogP contribution in [0.1, 0.15) is 11.3 Å². The number of benzene rings is 1. The fourth-order valence-corrected chi connectivity index (χ4v) is 3.05. The molecule has 0 aliphatic carbocycles. The summed E-state index contributed by atoms with van der Waals surface area (Å²) in [5, 5.41) is 4.92. The lowest BCUT2D eigenvalue weighted by Crippen LogP contribution is -2.24. The lowest BCUT2D eigenvalue weighted by atomic mass is 10.1. The molecule has 3 rings (SSSR count). The van der Waals surface area contributed by atoms with Crippen LogP contribution in [-0.4, -0.2) is 5.91 Å². The van der Waals surface area contributed by atoms with Gasteiger partial charge < -0.3 is 9.73 Å². The topological polar surface area (TPSA) is 42.2 Å². The van der Waals surface area contributed by atoms with Crippen molar-refractivity contribution in [2.45, 2.75) is 13.0 Å². The molecular weight excluding hydrogens is 337 g/mol. The van der Waals surface area contributed by atoms with Gasteiger partial charge in [0.1, 0.15) is 17.3 Å². The Kier molecular flexibility index (Phi) is 4.79. The summed E-state index contributed by atoms with van der Waals surface area (Å²) in [7, 11) is 0. The first-order valence-corrected chi connectivity index (χ1v) is 8.21. The number of thiophene rings is 1. The Balaban J connectivity index is 1.59. The molecule has 1 amide bonds. The number of hydrogen-bond acceptors (Lipinski definition) is 3. The molecule has 1 N–H and O–H groups in total. The molecule has 0 fully saturated rings. The molecule has 2 heterocycles. The molecule has 23 heavy (non-hydrogen) atoms. The molecule has 0 radical (unpaired) electrons. The van der Waals surface area contributed by atoms with Crippen LogP contribution in [0.15, 0.2) is 52.3 Å². The largest absolute Gasteiger partial charge is 0.458 e. The number of carbonyl (C=O) groups excluding carboxylic acids is 1. The van der Waals surface area contributed by atoms with Gasteiger partial charge in [-0.1, -0.05) is 23.7 Å². The van der Waals surface area contributed by atoms with Gasteiger partial charge in [-0.2, -0.15) is 0 Å². The Hall–Kier alpha value is -2.11. The average Bonchev–Trinajstić information content (AvgIpc) is 3.19. The molecule has 0 aliphatic rings. The van der Waals surface area contributed by atoms with Gasteiger partial charge in [-0.15, -0.1) is 11.3 Å². The highest BCUT2D eigenvalue weighted by atomic mass is 35.5. The van der Waals surface area contributed by atoms with E-state index in [2.05, 4.69) is 5.32 Å². The maximum absolute atomic E-state index is 13.7. The van der Waals surface area contributed by atoms with E-state index in [-0.39, 0.29) is 29.5 Å². The van der Waals surface area contributed by atoms with Gasteiger partial charge in [0.15, 0.2) is 0 Å². The summed E-state index contributed by atoms with van der Waals surface area (Å²) in [6.45, 7) is 0.246. The van der Waals surface area contributed by atoms with Crippen LogP contribution >= 0.6 is 22.9 Å². The second-order valence-corrected chi connectivity index (χ2v) is 6.25. The zero-order chi connectivity index (χ0) is 16.2. The molecule has 0 saturated heterocycles. The van der Waals surface area contributed by atoms with Crippen molar-refractivity contribution < 1.29 is 13.6 Å². The van der Waals surface area contributed by atoms with Gasteiger partial charge in [0.25, 0.3) is 0 Å². The summed E-state index contributed by atoms with van der Waals surface area (Å²) in [6.07, 6.45) is -0.107. The minimum atomic E-state index is -0.481. The maximum Gasteiger partial charge on any atom is 0.224 e. The minimum absolute atomic E-state index is 0.107. The smallest absolute Gasteiger partial charge is 0.224 e. The fraction of sp³-hybridized carbons (Fsp3) is 0.118. The molecule has 118 valence electrons. The highest BCUT2D eigenvalue weighted by Gasteiger charge is 2.12. The minimum Gasteiger partial charge on any atom is -0.458 e. The van der Waals surface area contributed by atoms with E-state index in [0.29, 0.717) is 5.76 Å². The van der Waals surface area contributed by atoms with Crippen molar-refractivity contribution in [3.05, 3.63) is 70.0 Å². The van der Waals surface area contributed by atoms with Gasteiger partial charge in [0.2, 0.25) is 5.91 Å². The normalized spacial score (nSPS) is 10.7. The molecule has 0 saturated carbocycles. The van der Waals surface area contributed by atoms with Crippen LogP contribution in [-0.2, 0) is 17.8 Å². The molecule has 3 aromatic rings. The highest BCUT2D eigenvalue weighted by Crippen LogP contribution is 2.26. The molecule has 2 aromatic heterocycles. The molecule has 0 atom stereocenters. The first kappa shape index (κ1) is 15.8. The Labute approximate surface area is 141 Å². The van der Waals surface area contributed by atoms with E-state index in [1.165, 1.54) is 12.1 Å². The van der Waals surface area contributed by atoms with Crippen molar-refractivity contribution >= 4 is 28.8 Å². The number of carbonyl (C=O) groups is 1. The zero-order valence-electron chi connectivity index (χ0n) is 12.0. The number of furan rings is 1. The highest BCUT2D eigenvalue weighted by molar-refractivity contribution is 7.13. The van der Waals surface area contributed by atoms with Gasteiger partial charge in [-0.25, -0.2) is 4.39 Å². The Bertz CT molecular complexity index is 794. The molecule has 0 aliphatic heterocycles. The van der Waals surface area contributed by atoms with Crippen LogP contribution in [0, 0.1) is 5.82 Å². The quantitative estimate of drug-likeness (QED) is 0.728. The summed E-state index contributed by atoms with van der Waals surface area (Å²) in [5.74, 6) is 0.611. The second kappa shape index (κ2) is 6.98. The monoisotopic (exact) mass is 349 g/mol. The molecule has 6 heteroatoms. The van der Waals surface area contributed by atoms with Gasteiger partial charge in [-0.05, 0) is 35.7 Å². The van der Waals surface area contributed by atoms with Gasteiger partial charge in [0.05, 0.1) is 17.8 Å². The predicted molar refractivity (Wildman–Crippen MR) is 89.0 cm³/mol. The van der Waals surface area contributed by atoms with Crippen LogP contribution in [0.5, 0.6) is 0 Å². The van der Waals surface area contributed by atoms with E-state index in [4.69, 9.17) is 16.0 Å². The van der Waals surface area contributed by atoms with E-state index in [9.17, 15) is 9.18 Å². The first-order valence-electron chi connectivity index (χ1n) is 6.95. The molecule has 0 spiro atoms. The van der Waals surface area contributed by atoms with Crippen LogP contribution in [0.25, 0.3) is 10.6 Å². The van der Waals surface area contributed by atoms with E-state index >= 15 is 0 Å². The Morgan fingerprint density at radius 3 is 2.83 bits per heavy atom.